The summed E-state index contributed by atoms with van der Waals surface area (Å²) in [7, 11) is 0. The molecule has 1 amide bonds. The van der Waals surface area contributed by atoms with Gasteiger partial charge in [-0.05, 0) is 34.8 Å². The van der Waals surface area contributed by atoms with Gasteiger partial charge in [-0.3, -0.25) is 14.9 Å². The van der Waals surface area contributed by atoms with Gasteiger partial charge in [0.2, 0.25) is 0 Å². The molecule has 6 nitrogen and oxygen atoms in total. The van der Waals surface area contributed by atoms with Crippen molar-refractivity contribution in [1.82, 2.24) is 5.32 Å². The number of hydrogen-bond acceptors (Lipinski definition) is 4. The normalized spacial score (nSPS) is 10.3. The fourth-order valence-electron chi connectivity index (χ4n) is 1.69. The number of carbonyl (C=O) groups is 1. The lowest BCUT2D eigenvalue weighted by atomic mass is 10.1. The molecule has 0 spiro atoms. The summed E-state index contributed by atoms with van der Waals surface area (Å²) in [6, 6.07) is 4.09. The molecular formula is C13H17BrN2O4. The number of benzene rings is 1. The first-order valence-electron chi connectivity index (χ1n) is 6.39. The van der Waals surface area contributed by atoms with Crippen molar-refractivity contribution in [3.05, 3.63) is 38.3 Å². The first-order valence-corrected chi connectivity index (χ1v) is 7.18. The zero-order valence-corrected chi connectivity index (χ0v) is 12.6. The van der Waals surface area contributed by atoms with E-state index in [2.05, 4.69) is 21.2 Å². The highest BCUT2D eigenvalue weighted by molar-refractivity contribution is 9.10. The predicted octanol–water partition coefficient (Wildman–Crippen LogP) is 2.64. The molecule has 2 N–H and O–H groups in total. The molecular weight excluding hydrogens is 328 g/mol. The van der Waals surface area contributed by atoms with Gasteiger partial charge in [0.1, 0.15) is 0 Å². The summed E-state index contributed by atoms with van der Waals surface area (Å²) in [6.07, 6.45) is 3.44. The third kappa shape index (κ3) is 5.26. The summed E-state index contributed by atoms with van der Waals surface area (Å²) in [5.41, 5.74) is 0.149. The second-order valence-corrected chi connectivity index (χ2v) is 5.17. The van der Waals surface area contributed by atoms with Crippen LogP contribution in [0.5, 0.6) is 0 Å². The van der Waals surface area contributed by atoms with Gasteiger partial charge >= 0.3 is 0 Å². The molecule has 0 saturated heterocycles. The standard InChI is InChI=1S/C13H17BrN2O4/c14-12-6-5-10(16(19)20)9-11(12)13(18)15-7-3-1-2-4-8-17/h5-6,9,17H,1-4,7-8H2,(H,15,18). The number of unbranched alkanes of at least 4 members (excludes halogenated alkanes) is 3. The average Bonchev–Trinajstić information content (AvgIpc) is 2.42. The quantitative estimate of drug-likeness (QED) is 0.430. The van der Waals surface area contributed by atoms with Gasteiger partial charge in [0.05, 0.1) is 10.5 Å². The van der Waals surface area contributed by atoms with Crippen molar-refractivity contribution in [3.8, 4) is 0 Å². The molecule has 0 heterocycles. The molecule has 7 heteroatoms. The number of rotatable bonds is 8. The highest BCUT2D eigenvalue weighted by Gasteiger charge is 2.14. The van der Waals surface area contributed by atoms with Gasteiger partial charge in [0.25, 0.3) is 11.6 Å². The first kappa shape index (κ1) is 16.6. The van der Waals surface area contributed by atoms with E-state index in [1.54, 1.807) is 0 Å². The molecule has 0 aliphatic rings. The number of nitrogens with one attached hydrogen (secondary N) is 1. The van der Waals surface area contributed by atoms with Gasteiger partial charge in [-0.1, -0.05) is 12.8 Å². The minimum absolute atomic E-state index is 0.110. The zero-order chi connectivity index (χ0) is 15.0. The van der Waals surface area contributed by atoms with Crippen molar-refractivity contribution < 1.29 is 14.8 Å². The Hall–Kier alpha value is -1.47. The zero-order valence-electron chi connectivity index (χ0n) is 11.0. The molecule has 0 aliphatic carbocycles. The lowest BCUT2D eigenvalue weighted by molar-refractivity contribution is -0.384. The molecule has 0 atom stereocenters. The SMILES string of the molecule is O=C(NCCCCCCO)c1cc([N+](=O)[O-])ccc1Br. The number of nitro benzene ring substituents is 1. The average molecular weight is 345 g/mol. The second kappa shape index (κ2) is 8.65. The highest BCUT2D eigenvalue weighted by atomic mass is 79.9. The van der Waals surface area contributed by atoms with Crippen molar-refractivity contribution >= 4 is 27.5 Å². The molecule has 0 aliphatic heterocycles. The minimum Gasteiger partial charge on any atom is -0.396 e. The van der Waals surface area contributed by atoms with Crippen LogP contribution < -0.4 is 5.32 Å². The Morgan fingerprint density at radius 1 is 1.30 bits per heavy atom. The summed E-state index contributed by atoms with van der Waals surface area (Å²) >= 11 is 3.21. The topological polar surface area (TPSA) is 92.5 Å². The summed E-state index contributed by atoms with van der Waals surface area (Å²) in [5.74, 6) is -0.331. The van der Waals surface area contributed by atoms with Gasteiger partial charge in [-0.2, -0.15) is 0 Å². The highest BCUT2D eigenvalue weighted by Crippen LogP contribution is 2.22. The maximum atomic E-state index is 11.9. The maximum absolute atomic E-state index is 11.9. The summed E-state index contributed by atoms with van der Waals surface area (Å²) in [6.45, 7) is 0.701. The summed E-state index contributed by atoms with van der Waals surface area (Å²) in [5, 5.41) is 22.0. The van der Waals surface area contributed by atoms with Crippen LogP contribution in [-0.2, 0) is 0 Å². The monoisotopic (exact) mass is 344 g/mol. The largest absolute Gasteiger partial charge is 0.396 e. The minimum atomic E-state index is -0.530. The van der Waals surface area contributed by atoms with Gasteiger partial charge in [0, 0.05) is 29.8 Å². The third-order valence-corrected chi connectivity index (χ3v) is 3.47. The van der Waals surface area contributed by atoms with E-state index in [9.17, 15) is 14.9 Å². The number of aliphatic hydroxyl groups is 1. The van der Waals surface area contributed by atoms with Crippen LogP contribution >= 0.6 is 15.9 Å². The Labute approximate surface area is 125 Å². The number of halogens is 1. The molecule has 1 aromatic carbocycles. The Morgan fingerprint density at radius 3 is 2.65 bits per heavy atom. The van der Waals surface area contributed by atoms with E-state index in [4.69, 9.17) is 5.11 Å². The third-order valence-electron chi connectivity index (χ3n) is 2.78. The lowest BCUT2D eigenvalue weighted by Crippen LogP contribution is -2.24. The molecule has 0 fully saturated rings. The molecule has 20 heavy (non-hydrogen) atoms. The summed E-state index contributed by atoms with van der Waals surface area (Å²) < 4.78 is 0.529. The van der Waals surface area contributed by atoms with E-state index in [-0.39, 0.29) is 23.8 Å². The smallest absolute Gasteiger partial charge is 0.270 e. The van der Waals surface area contributed by atoms with Crippen molar-refractivity contribution in [2.45, 2.75) is 25.7 Å². The van der Waals surface area contributed by atoms with Gasteiger partial charge in [-0.25, -0.2) is 0 Å². The molecule has 0 radical (unpaired) electrons. The van der Waals surface area contributed by atoms with Crippen molar-refractivity contribution in [3.63, 3.8) is 0 Å². The molecule has 110 valence electrons. The van der Waals surface area contributed by atoms with Crippen LogP contribution in [0.1, 0.15) is 36.0 Å². The van der Waals surface area contributed by atoms with Crippen LogP contribution in [0.3, 0.4) is 0 Å². The van der Waals surface area contributed by atoms with Crippen LogP contribution in [0.4, 0.5) is 5.69 Å². The maximum Gasteiger partial charge on any atom is 0.270 e. The molecule has 1 aromatic rings. The number of aliphatic hydroxyl groups excluding tert-OH is 1. The van der Waals surface area contributed by atoms with E-state index in [0.29, 0.717) is 11.0 Å². The Bertz CT molecular complexity index is 479. The van der Waals surface area contributed by atoms with E-state index in [0.717, 1.165) is 25.7 Å². The number of nitrogens with zero attached hydrogens (tertiary/aromatic N) is 1. The van der Waals surface area contributed by atoms with Gasteiger partial charge in [0.15, 0.2) is 0 Å². The number of non-ortho nitro benzene ring substituents is 1. The second-order valence-electron chi connectivity index (χ2n) is 4.31. The molecule has 0 unspecified atom stereocenters. The van der Waals surface area contributed by atoms with Crippen LogP contribution in [0.25, 0.3) is 0 Å². The molecule has 0 aromatic heterocycles. The first-order chi connectivity index (χ1) is 9.56. The van der Waals surface area contributed by atoms with Crippen molar-refractivity contribution in [1.29, 1.82) is 0 Å². The molecule has 1 rings (SSSR count). The molecule has 0 saturated carbocycles. The van der Waals surface area contributed by atoms with Gasteiger partial charge in [-0.15, -0.1) is 0 Å². The van der Waals surface area contributed by atoms with Crippen LogP contribution in [0.15, 0.2) is 22.7 Å². The lowest BCUT2D eigenvalue weighted by Gasteiger charge is -2.06. The number of carbonyl (C=O) groups excluding carboxylic acids is 1. The fraction of sp³-hybridized carbons (Fsp3) is 0.462. The summed E-state index contributed by atoms with van der Waals surface area (Å²) in [4.78, 5) is 22.1. The Kier molecular flexibility index (Phi) is 7.17. The fourth-order valence-corrected chi connectivity index (χ4v) is 2.12. The van der Waals surface area contributed by atoms with E-state index in [1.165, 1.54) is 18.2 Å². The van der Waals surface area contributed by atoms with Crippen LogP contribution in [0.2, 0.25) is 0 Å². The Balaban J connectivity index is 2.50. The van der Waals surface area contributed by atoms with E-state index < -0.39 is 4.92 Å². The predicted molar refractivity (Wildman–Crippen MR) is 78.7 cm³/mol. The van der Waals surface area contributed by atoms with E-state index >= 15 is 0 Å². The Morgan fingerprint density at radius 2 is 2.00 bits per heavy atom. The number of amides is 1. The van der Waals surface area contributed by atoms with Crippen molar-refractivity contribution in [2.24, 2.45) is 0 Å². The van der Waals surface area contributed by atoms with Crippen LogP contribution in [0, 0.1) is 10.1 Å². The molecule has 0 bridgehead atoms. The van der Waals surface area contributed by atoms with Gasteiger partial charge < -0.3 is 10.4 Å². The number of nitro groups is 1. The number of hydrogen-bond donors (Lipinski definition) is 2. The van der Waals surface area contributed by atoms with Crippen molar-refractivity contribution in [2.75, 3.05) is 13.2 Å². The van der Waals surface area contributed by atoms with Crippen LogP contribution in [-0.4, -0.2) is 29.1 Å². The van der Waals surface area contributed by atoms with E-state index in [1.807, 2.05) is 0 Å².